The molecule has 1 atom stereocenters. The lowest BCUT2D eigenvalue weighted by Crippen LogP contribution is -2.39. The van der Waals surface area contributed by atoms with Gasteiger partial charge in [-0.05, 0) is 33.2 Å². The van der Waals surface area contributed by atoms with E-state index in [1.54, 1.807) is 13.0 Å². The van der Waals surface area contributed by atoms with Crippen molar-refractivity contribution in [2.24, 2.45) is 5.73 Å². The Bertz CT molecular complexity index is 603. The van der Waals surface area contributed by atoms with Gasteiger partial charge in [-0.2, -0.15) is 0 Å². The van der Waals surface area contributed by atoms with Crippen LogP contribution in [-0.4, -0.2) is 45.0 Å². The minimum atomic E-state index is -3.72. The molecule has 112 valence electrons. The molecule has 20 heavy (non-hydrogen) atoms. The number of halogens is 1. The molecule has 5 nitrogen and oxygen atoms in total. The number of nitrogens with two attached hydrogens (primary N) is 1. The topological polar surface area (TPSA) is 75.4 Å². The quantitative estimate of drug-likeness (QED) is 0.764. The van der Waals surface area contributed by atoms with E-state index >= 15 is 0 Å². The lowest BCUT2D eigenvalue weighted by Gasteiger charge is -2.19. The molecule has 0 heterocycles. The zero-order chi connectivity index (χ0) is 15.5. The lowest BCUT2D eigenvalue weighted by atomic mass is 10.2. The maximum absolute atomic E-state index is 12.3. The van der Waals surface area contributed by atoms with E-state index in [9.17, 15) is 8.42 Å². The summed E-state index contributed by atoms with van der Waals surface area (Å²) in [6, 6.07) is 4.20. The fourth-order valence-corrected chi connectivity index (χ4v) is 3.66. The van der Waals surface area contributed by atoms with Crippen LogP contribution in [0.25, 0.3) is 0 Å². The Hall–Kier alpha value is -0.730. The van der Waals surface area contributed by atoms with Gasteiger partial charge in [-0.25, -0.2) is 13.1 Å². The molecule has 1 aromatic rings. The normalized spacial score (nSPS) is 13.4. The molecule has 0 fully saturated rings. The molecule has 0 aromatic heterocycles. The summed E-state index contributed by atoms with van der Waals surface area (Å²) in [7, 11) is 0.0170. The second kappa shape index (κ2) is 6.82. The van der Waals surface area contributed by atoms with Gasteiger partial charge in [0.05, 0.1) is 5.02 Å². The van der Waals surface area contributed by atoms with Crippen LogP contribution in [0.3, 0.4) is 0 Å². The third kappa shape index (κ3) is 4.68. The third-order valence-corrected chi connectivity index (χ3v) is 4.81. The Morgan fingerprint density at radius 1 is 1.50 bits per heavy atom. The Morgan fingerprint density at radius 2 is 2.10 bits per heavy atom. The van der Waals surface area contributed by atoms with Crippen molar-refractivity contribution in [1.82, 2.24) is 9.62 Å². The van der Waals surface area contributed by atoms with E-state index in [4.69, 9.17) is 29.6 Å². The molecule has 0 aliphatic rings. The summed E-state index contributed by atoms with van der Waals surface area (Å²) in [6.45, 7) is 2.36. The monoisotopic (exact) mass is 335 g/mol. The molecular formula is C12H18ClN3O2S2. The maximum Gasteiger partial charge on any atom is 0.242 e. The van der Waals surface area contributed by atoms with Crippen molar-refractivity contribution in [3.05, 3.63) is 28.8 Å². The summed E-state index contributed by atoms with van der Waals surface area (Å²) in [5, 5.41) is 0.134. The molecule has 1 unspecified atom stereocenters. The van der Waals surface area contributed by atoms with Crippen molar-refractivity contribution >= 4 is 38.8 Å². The average Bonchev–Trinajstić information content (AvgIpc) is 2.26. The Balaban J connectivity index is 3.09. The highest BCUT2D eigenvalue weighted by atomic mass is 35.5. The van der Waals surface area contributed by atoms with Gasteiger partial charge in [-0.15, -0.1) is 0 Å². The van der Waals surface area contributed by atoms with Gasteiger partial charge < -0.3 is 10.6 Å². The largest absolute Gasteiger partial charge is 0.389 e. The second-order valence-corrected chi connectivity index (χ2v) is 7.32. The van der Waals surface area contributed by atoms with Gasteiger partial charge in [-0.3, -0.25) is 0 Å². The van der Waals surface area contributed by atoms with Crippen LogP contribution >= 0.6 is 23.8 Å². The Kier molecular flexibility index (Phi) is 5.91. The fourth-order valence-electron chi connectivity index (χ4n) is 1.78. The highest BCUT2D eigenvalue weighted by Crippen LogP contribution is 2.22. The van der Waals surface area contributed by atoms with Gasteiger partial charge in [0.25, 0.3) is 0 Å². The van der Waals surface area contributed by atoms with Gasteiger partial charge >= 0.3 is 0 Å². The zero-order valence-corrected chi connectivity index (χ0v) is 13.9. The van der Waals surface area contributed by atoms with Gasteiger partial charge in [0, 0.05) is 18.2 Å². The number of thiocarbonyl (C=S) groups is 1. The third-order valence-electron chi connectivity index (χ3n) is 2.50. The second-order valence-electron chi connectivity index (χ2n) is 4.79. The summed E-state index contributed by atoms with van der Waals surface area (Å²) in [5.41, 5.74) is 5.97. The van der Waals surface area contributed by atoms with E-state index in [1.807, 2.05) is 19.0 Å². The lowest BCUT2D eigenvalue weighted by molar-refractivity contribution is 0.370. The van der Waals surface area contributed by atoms with Gasteiger partial charge in [0.15, 0.2) is 0 Å². The van der Waals surface area contributed by atoms with Crippen molar-refractivity contribution in [1.29, 1.82) is 0 Å². The molecule has 0 spiro atoms. The van der Waals surface area contributed by atoms with Crippen molar-refractivity contribution in [3.63, 3.8) is 0 Å². The number of benzene rings is 1. The van der Waals surface area contributed by atoms with E-state index in [0.29, 0.717) is 12.1 Å². The summed E-state index contributed by atoms with van der Waals surface area (Å²) >= 11 is 10.8. The van der Waals surface area contributed by atoms with E-state index in [1.165, 1.54) is 12.1 Å². The molecule has 3 N–H and O–H groups in total. The van der Waals surface area contributed by atoms with Crippen LogP contribution in [0.1, 0.15) is 12.5 Å². The molecule has 1 aromatic carbocycles. The highest BCUT2D eigenvalue weighted by molar-refractivity contribution is 7.89. The SMILES string of the molecule is CC(CN(C)C)NS(=O)(=O)c1cc(C(N)=S)ccc1Cl. The molecule has 0 aliphatic heterocycles. The van der Waals surface area contributed by atoms with Crippen LogP contribution in [0.15, 0.2) is 23.1 Å². The molecule has 0 saturated heterocycles. The molecule has 0 saturated carbocycles. The molecule has 0 bridgehead atoms. The van der Waals surface area contributed by atoms with Crippen molar-refractivity contribution < 1.29 is 8.42 Å². The van der Waals surface area contributed by atoms with Crippen LogP contribution in [0, 0.1) is 0 Å². The first-order chi connectivity index (χ1) is 9.13. The summed E-state index contributed by atoms with van der Waals surface area (Å²) < 4.78 is 27.2. The standard InChI is InChI=1S/C12H18ClN3O2S2/c1-8(7-16(2)3)15-20(17,18)11-6-9(12(14)19)4-5-10(11)13/h4-6,8,15H,7H2,1-3H3,(H2,14,19). The average molecular weight is 336 g/mol. The number of hydrogen-bond acceptors (Lipinski definition) is 4. The first-order valence-electron chi connectivity index (χ1n) is 5.90. The molecule has 8 heteroatoms. The summed E-state index contributed by atoms with van der Waals surface area (Å²) in [5.74, 6) is 0. The number of rotatable bonds is 6. The molecule has 0 radical (unpaired) electrons. The number of hydrogen-bond donors (Lipinski definition) is 2. The first-order valence-corrected chi connectivity index (χ1v) is 8.17. The molecular weight excluding hydrogens is 318 g/mol. The van der Waals surface area contributed by atoms with Crippen LogP contribution < -0.4 is 10.5 Å². The number of sulfonamides is 1. The van der Waals surface area contributed by atoms with Gasteiger partial charge in [-0.1, -0.05) is 29.9 Å². The van der Waals surface area contributed by atoms with Crippen LogP contribution in [0.5, 0.6) is 0 Å². The molecule has 0 aliphatic carbocycles. The maximum atomic E-state index is 12.3. The van der Waals surface area contributed by atoms with Crippen LogP contribution in [0.2, 0.25) is 5.02 Å². The number of likely N-dealkylation sites (N-methyl/N-ethyl adjacent to an activating group) is 1. The molecule has 1 rings (SSSR count). The predicted molar refractivity (Wildman–Crippen MR) is 85.7 cm³/mol. The van der Waals surface area contributed by atoms with Crippen molar-refractivity contribution in [2.75, 3.05) is 20.6 Å². The van der Waals surface area contributed by atoms with E-state index in [0.717, 1.165) is 0 Å². The summed E-state index contributed by atoms with van der Waals surface area (Å²) in [6.07, 6.45) is 0. The van der Waals surface area contributed by atoms with Crippen molar-refractivity contribution in [3.8, 4) is 0 Å². The Morgan fingerprint density at radius 3 is 2.60 bits per heavy atom. The van der Waals surface area contributed by atoms with E-state index < -0.39 is 10.0 Å². The minimum Gasteiger partial charge on any atom is -0.389 e. The van der Waals surface area contributed by atoms with Crippen molar-refractivity contribution in [2.45, 2.75) is 17.9 Å². The Labute approximate surface area is 130 Å². The zero-order valence-electron chi connectivity index (χ0n) is 11.6. The smallest absolute Gasteiger partial charge is 0.242 e. The minimum absolute atomic E-state index is 0.0185. The van der Waals surface area contributed by atoms with E-state index in [2.05, 4.69) is 4.72 Å². The van der Waals surface area contributed by atoms with Crippen LogP contribution in [-0.2, 0) is 10.0 Å². The summed E-state index contributed by atoms with van der Waals surface area (Å²) in [4.78, 5) is 2.00. The van der Waals surface area contributed by atoms with E-state index in [-0.39, 0.29) is 20.9 Å². The number of nitrogens with one attached hydrogen (secondary N) is 1. The number of nitrogens with zero attached hydrogens (tertiary/aromatic N) is 1. The first kappa shape index (κ1) is 17.3. The van der Waals surface area contributed by atoms with Gasteiger partial charge in [0.1, 0.15) is 9.88 Å². The van der Waals surface area contributed by atoms with Crippen LogP contribution in [0.4, 0.5) is 0 Å². The predicted octanol–water partition coefficient (Wildman–Crippen LogP) is 1.20. The highest BCUT2D eigenvalue weighted by Gasteiger charge is 2.21. The molecule has 0 amide bonds. The van der Waals surface area contributed by atoms with Gasteiger partial charge in [0.2, 0.25) is 10.0 Å². The fraction of sp³-hybridized carbons (Fsp3) is 0.417.